The second kappa shape index (κ2) is 5.12. The fourth-order valence-electron chi connectivity index (χ4n) is 2.21. The number of carbonyl (C=O) groups is 1. The summed E-state index contributed by atoms with van der Waals surface area (Å²) >= 11 is 0. The summed E-state index contributed by atoms with van der Waals surface area (Å²) in [4.78, 5) is 15.6. The molecule has 110 valence electrons. The van der Waals surface area contributed by atoms with Gasteiger partial charge in [0.2, 0.25) is 11.7 Å². The number of hydrogen-bond acceptors (Lipinski definition) is 5. The van der Waals surface area contributed by atoms with Gasteiger partial charge in [-0.15, -0.1) is 0 Å². The maximum Gasteiger partial charge on any atom is 0.373 e. The maximum atomic E-state index is 11.3. The van der Waals surface area contributed by atoms with Crippen LogP contribution in [0.25, 0.3) is 11.5 Å². The number of aromatic nitrogens is 1. The van der Waals surface area contributed by atoms with Crippen LogP contribution in [0.1, 0.15) is 35.0 Å². The molecule has 0 unspecified atom stereocenters. The monoisotopic (exact) mass is 289 g/mol. The molecule has 6 heteroatoms. The zero-order valence-electron chi connectivity index (χ0n) is 11.8. The van der Waals surface area contributed by atoms with E-state index >= 15 is 0 Å². The minimum absolute atomic E-state index is 0.0784. The Morgan fingerprint density at radius 2 is 2.10 bits per heavy atom. The van der Waals surface area contributed by atoms with Crippen molar-refractivity contribution in [3.05, 3.63) is 29.7 Å². The first-order valence-corrected chi connectivity index (χ1v) is 6.60. The molecule has 1 heterocycles. The van der Waals surface area contributed by atoms with Gasteiger partial charge in [-0.25, -0.2) is 9.78 Å². The zero-order valence-corrected chi connectivity index (χ0v) is 11.8. The lowest BCUT2D eigenvalue weighted by Crippen LogP contribution is -1.98. The molecule has 21 heavy (non-hydrogen) atoms. The molecule has 0 atom stereocenters. The fraction of sp³-hybridized carbons (Fsp3) is 0.333. The summed E-state index contributed by atoms with van der Waals surface area (Å²) in [7, 11) is 3.09. The zero-order chi connectivity index (χ0) is 15.0. The summed E-state index contributed by atoms with van der Waals surface area (Å²) in [5.41, 5.74) is 1.13. The molecular weight excluding hydrogens is 274 g/mol. The molecule has 1 fully saturated rings. The Kier molecular flexibility index (Phi) is 3.29. The largest absolute Gasteiger partial charge is 0.497 e. The van der Waals surface area contributed by atoms with Crippen molar-refractivity contribution in [1.29, 1.82) is 0 Å². The van der Waals surface area contributed by atoms with Gasteiger partial charge < -0.3 is 19.0 Å². The van der Waals surface area contributed by atoms with Gasteiger partial charge in [0.05, 0.1) is 25.5 Å². The third kappa shape index (κ3) is 2.44. The molecule has 6 nitrogen and oxygen atoms in total. The second-order valence-electron chi connectivity index (χ2n) is 4.88. The average molecular weight is 289 g/mol. The Morgan fingerprint density at radius 1 is 1.33 bits per heavy atom. The smallest absolute Gasteiger partial charge is 0.373 e. The number of hydrogen-bond donors (Lipinski definition) is 1. The van der Waals surface area contributed by atoms with Crippen LogP contribution in [0.3, 0.4) is 0 Å². The Hall–Kier alpha value is -2.50. The Bertz CT molecular complexity index is 687. The number of methoxy groups -OCH3 is 2. The van der Waals surface area contributed by atoms with E-state index in [0.717, 1.165) is 12.8 Å². The van der Waals surface area contributed by atoms with E-state index < -0.39 is 5.97 Å². The van der Waals surface area contributed by atoms with Crippen LogP contribution in [-0.4, -0.2) is 30.3 Å². The van der Waals surface area contributed by atoms with Crippen molar-refractivity contribution in [1.82, 2.24) is 4.98 Å². The third-order valence-corrected chi connectivity index (χ3v) is 3.45. The van der Waals surface area contributed by atoms with Gasteiger partial charge in [-0.2, -0.15) is 0 Å². The van der Waals surface area contributed by atoms with Crippen LogP contribution in [0.4, 0.5) is 0 Å². The molecule has 1 aromatic carbocycles. The van der Waals surface area contributed by atoms with Gasteiger partial charge in [0.25, 0.3) is 0 Å². The minimum Gasteiger partial charge on any atom is -0.497 e. The SMILES string of the molecule is COc1ccc(-c2nc(C3CC3)c(C(=O)O)o2)c(OC)c1. The number of oxazole rings is 1. The highest BCUT2D eigenvalue weighted by Gasteiger charge is 2.34. The molecular formula is C15H15NO5. The van der Waals surface area contributed by atoms with Crippen LogP contribution in [0.2, 0.25) is 0 Å². The van der Waals surface area contributed by atoms with Gasteiger partial charge in [-0.3, -0.25) is 0 Å². The van der Waals surface area contributed by atoms with Crippen molar-refractivity contribution >= 4 is 5.97 Å². The predicted octanol–water partition coefficient (Wildman–Crippen LogP) is 2.93. The summed E-state index contributed by atoms with van der Waals surface area (Å²) in [6, 6.07) is 5.20. The molecule has 1 saturated carbocycles. The quantitative estimate of drug-likeness (QED) is 0.911. The van der Waals surface area contributed by atoms with E-state index in [0.29, 0.717) is 22.8 Å². The Labute approximate surface area is 121 Å². The van der Waals surface area contributed by atoms with Gasteiger partial charge in [-0.1, -0.05) is 0 Å². The number of carboxylic acids is 1. The molecule has 0 saturated heterocycles. The number of ether oxygens (including phenoxy) is 2. The maximum absolute atomic E-state index is 11.3. The molecule has 2 aromatic rings. The first-order chi connectivity index (χ1) is 10.1. The molecule has 0 bridgehead atoms. The van der Waals surface area contributed by atoms with Gasteiger partial charge in [0, 0.05) is 12.0 Å². The van der Waals surface area contributed by atoms with Crippen molar-refractivity contribution in [3.8, 4) is 23.0 Å². The van der Waals surface area contributed by atoms with Gasteiger partial charge in [0.15, 0.2) is 0 Å². The minimum atomic E-state index is -1.09. The molecule has 3 rings (SSSR count). The van der Waals surface area contributed by atoms with E-state index in [2.05, 4.69) is 4.98 Å². The van der Waals surface area contributed by atoms with E-state index in [1.165, 1.54) is 7.11 Å². The van der Waals surface area contributed by atoms with Crippen LogP contribution in [0, 0.1) is 0 Å². The summed E-state index contributed by atoms with van der Waals surface area (Å²) in [5.74, 6) is 0.443. The van der Waals surface area contributed by atoms with E-state index in [-0.39, 0.29) is 17.6 Å². The number of nitrogens with zero attached hydrogens (tertiary/aromatic N) is 1. The molecule has 0 spiro atoms. The molecule has 1 N–H and O–H groups in total. The summed E-state index contributed by atoms with van der Waals surface area (Å²) in [5, 5.41) is 9.23. The van der Waals surface area contributed by atoms with Crippen LogP contribution in [0.5, 0.6) is 11.5 Å². The summed E-state index contributed by atoms with van der Waals surface area (Å²) in [6.45, 7) is 0. The molecule has 0 aliphatic heterocycles. The summed E-state index contributed by atoms with van der Waals surface area (Å²) < 4.78 is 15.9. The van der Waals surface area contributed by atoms with Crippen LogP contribution in [0.15, 0.2) is 22.6 Å². The van der Waals surface area contributed by atoms with Crippen molar-refractivity contribution in [3.63, 3.8) is 0 Å². The van der Waals surface area contributed by atoms with Gasteiger partial charge in [0.1, 0.15) is 11.5 Å². The molecule has 1 aliphatic rings. The van der Waals surface area contributed by atoms with Crippen molar-refractivity contribution < 1.29 is 23.8 Å². The highest BCUT2D eigenvalue weighted by molar-refractivity contribution is 5.86. The number of aromatic carboxylic acids is 1. The molecule has 0 radical (unpaired) electrons. The van der Waals surface area contributed by atoms with Crippen LogP contribution < -0.4 is 9.47 Å². The highest BCUT2D eigenvalue weighted by Crippen LogP contribution is 2.43. The standard InChI is InChI=1S/C15H15NO5/c1-19-9-5-6-10(11(7-9)20-2)14-16-12(8-3-4-8)13(21-14)15(17)18/h5-8H,3-4H2,1-2H3,(H,17,18). The number of benzene rings is 1. The Morgan fingerprint density at radius 3 is 2.67 bits per heavy atom. The molecule has 0 amide bonds. The number of rotatable bonds is 5. The molecule has 1 aliphatic carbocycles. The average Bonchev–Trinajstić information content (AvgIpc) is 3.25. The lowest BCUT2D eigenvalue weighted by molar-refractivity contribution is 0.0661. The highest BCUT2D eigenvalue weighted by atomic mass is 16.5. The summed E-state index contributed by atoms with van der Waals surface area (Å²) in [6.07, 6.45) is 1.90. The fourth-order valence-corrected chi connectivity index (χ4v) is 2.21. The van der Waals surface area contributed by atoms with Crippen molar-refractivity contribution in [2.24, 2.45) is 0 Å². The topological polar surface area (TPSA) is 81.8 Å². The van der Waals surface area contributed by atoms with Gasteiger partial charge >= 0.3 is 5.97 Å². The normalized spacial score (nSPS) is 14.0. The third-order valence-electron chi connectivity index (χ3n) is 3.45. The first kappa shape index (κ1) is 13.5. The lowest BCUT2D eigenvalue weighted by atomic mass is 10.2. The Balaban J connectivity index is 2.08. The first-order valence-electron chi connectivity index (χ1n) is 6.60. The van der Waals surface area contributed by atoms with E-state index in [1.54, 1.807) is 25.3 Å². The van der Waals surface area contributed by atoms with Gasteiger partial charge in [-0.05, 0) is 25.0 Å². The molecule has 1 aromatic heterocycles. The number of carboxylic acid groups (broad SMARTS) is 1. The van der Waals surface area contributed by atoms with E-state index in [4.69, 9.17) is 13.9 Å². The van der Waals surface area contributed by atoms with E-state index in [1.807, 2.05) is 0 Å². The lowest BCUT2D eigenvalue weighted by Gasteiger charge is -2.07. The predicted molar refractivity (Wildman–Crippen MR) is 74.0 cm³/mol. The van der Waals surface area contributed by atoms with Crippen molar-refractivity contribution in [2.45, 2.75) is 18.8 Å². The van der Waals surface area contributed by atoms with E-state index in [9.17, 15) is 9.90 Å². The van der Waals surface area contributed by atoms with Crippen LogP contribution >= 0.6 is 0 Å². The van der Waals surface area contributed by atoms with Crippen LogP contribution in [-0.2, 0) is 0 Å². The van der Waals surface area contributed by atoms with Crippen molar-refractivity contribution in [2.75, 3.05) is 14.2 Å². The second-order valence-corrected chi connectivity index (χ2v) is 4.88.